The number of carbonyl (C=O) groups is 2. The first-order valence-corrected chi connectivity index (χ1v) is 7.47. The fourth-order valence-electron chi connectivity index (χ4n) is 1.55. The van der Waals surface area contributed by atoms with E-state index in [9.17, 15) is 9.59 Å². The standard InChI is InChI=1S/C15H28N2O3/c1-11(17-14(19)15(2,3)4)13(18)16-8-5-9-20-10-12-6-7-12/h11-12H,5-10H2,1-4H3,(H,16,18)(H,17,19). The van der Waals surface area contributed by atoms with Gasteiger partial charge in [0.05, 0.1) is 0 Å². The van der Waals surface area contributed by atoms with Crippen LogP contribution >= 0.6 is 0 Å². The monoisotopic (exact) mass is 284 g/mol. The predicted molar refractivity (Wildman–Crippen MR) is 78.2 cm³/mol. The van der Waals surface area contributed by atoms with Crippen LogP contribution in [0.4, 0.5) is 0 Å². The lowest BCUT2D eigenvalue weighted by Gasteiger charge is -2.21. The van der Waals surface area contributed by atoms with Gasteiger partial charge in [-0.1, -0.05) is 20.8 Å². The molecule has 1 rings (SSSR count). The van der Waals surface area contributed by atoms with E-state index in [1.807, 2.05) is 20.8 Å². The summed E-state index contributed by atoms with van der Waals surface area (Å²) >= 11 is 0. The van der Waals surface area contributed by atoms with Crippen LogP contribution < -0.4 is 10.6 Å². The molecule has 20 heavy (non-hydrogen) atoms. The SMILES string of the molecule is CC(NC(=O)C(C)(C)C)C(=O)NCCCOCC1CC1. The van der Waals surface area contributed by atoms with E-state index in [1.165, 1.54) is 12.8 Å². The average molecular weight is 284 g/mol. The van der Waals surface area contributed by atoms with Crippen LogP contribution in [0, 0.1) is 11.3 Å². The first kappa shape index (κ1) is 17.0. The Bertz CT molecular complexity index is 333. The lowest BCUT2D eigenvalue weighted by molar-refractivity contribution is -0.133. The molecule has 0 aliphatic heterocycles. The molecule has 0 heterocycles. The van der Waals surface area contributed by atoms with Crippen LogP contribution in [0.15, 0.2) is 0 Å². The number of ether oxygens (including phenoxy) is 1. The molecule has 1 saturated carbocycles. The highest BCUT2D eigenvalue weighted by molar-refractivity contribution is 5.89. The maximum Gasteiger partial charge on any atom is 0.242 e. The summed E-state index contributed by atoms with van der Waals surface area (Å²) in [5, 5.41) is 5.52. The molecule has 0 aromatic carbocycles. The van der Waals surface area contributed by atoms with Gasteiger partial charge in [0.25, 0.3) is 0 Å². The summed E-state index contributed by atoms with van der Waals surface area (Å²) in [7, 11) is 0. The van der Waals surface area contributed by atoms with Crippen molar-refractivity contribution in [3.63, 3.8) is 0 Å². The molecule has 1 fully saturated rings. The summed E-state index contributed by atoms with van der Waals surface area (Å²) < 4.78 is 5.49. The van der Waals surface area contributed by atoms with Gasteiger partial charge in [0, 0.05) is 25.2 Å². The third-order valence-electron chi connectivity index (χ3n) is 3.24. The largest absolute Gasteiger partial charge is 0.381 e. The van der Waals surface area contributed by atoms with Crippen molar-refractivity contribution >= 4 is 11.8 Å². The molecular weight excluding hydrogens is 256 g/mol. The van der Waals surface area contributed by atoms with Crippen molar-refractivity contribution in [3.8, 4) is 0 Å². The Labute approximate surface area is 121 Å². The van der Waals surface area contributed by atoms with Crippen LogP contribution in [0.1, 0.15) is 47.0 Å². The zero-order valence-electron chi connectivity index (χ0n) is 13.1. The smallest absolute Gasteiger partial charge is 0.242 e. The van der Waals surface area contributed by atoms with Gasteiger partial charge in [-0.25, -0.2) is 0 Å². The van der Waals surface area contributed by atoms with Gasteiger partial charge >= 0.3 is 0 Å². The highest BCUT2D eigenvalue weighted by Gasteiger charge is 2.24. The van der Waals surface area contributed by atoms with Crippen LogP contribution in [0.25, 0.3) is 0 Å². The third kappa shape index (κ3) is 6.89. The summed E-state index contributed by atoms with van der Waals surface area (Å²) in [6.45, 7) is 9.28. The van der Waals surface area contributed by atoms with Crippen molar-refractivity contribution in [1.29, 1.82) is 0 Å². The van der Waals surface area contributed by atoms with E-state index in [0.29, 0.717) is 13.2 Å². The Morgan fingerprint density at radius 2 is 1.95 bits per heavy atom. The highest BCUT2D eigenvalue weighted by Crippen LogP contribution is 2.28. The fraction of sp³-hybridized carbons (Fsp3) is 0.867. The van der Waals surface area contributed by atoms with Crippen molar-refractivity contribution in [3.05, 3.63) is 0 Å². The second-order valence-electron chi connectivity index (χ2n) is 6.61. The number of hydrogen-bond acceptors (Lipinski definition) is 3. The molecule has 2 N–H and O–H groups in total. The van der Waals surface area contributed by atoms with Gasteiger partial charge in [-0.15, -0.1) is 0 Å². The van der Waals surface area contributed by atoms with Crippen molar-refractivity contribution in [1.82, 2.24) is 10.6 Å². The maximum absolute atomic E-state index is 11.8. The molecule has 0 spiro atoms. The van der Waals surface area contributed by atoms with Gasteiger partial charge < -0.3 is 15.4 Å². The van der Waals surface area contributed by atoms with E-state index in [2.05, 4.69) is 10.6 Å². The number of carbonyl (C=O) groups excluding carboxylic acids is 2. The van der Waals surface area contributed by atoms with Crippen LogP contribution in [0.2, 0.25) is 0 Å². The third-order valence-corrected chi connectivity index (χ3v) is 3.24. The molecule has 0 aromatic rings. The number of rotatable bonds is 8. The van der Waals surface area contributed by atoms with Gasteiger partial charge in [0.2, 0.25) is 11.8 Å². The molecule has 116 valence electrons. The quantitative estimate of drug-likeness (QED) is 0.663. The van der Waals surface area contributed by atoms with Crippen molar-refractivity contribution in [2.24, 2.45) is 11.3 Å². The second-order valence-corrected chi connectivity index (χ2v) is 6.61. The molecule has 5 heteroatoms. The summed E-state index contributed by atoms with van der Waals surface area (Å²) in [4.78, 5) is 23.5. The maximum atomic E-state index is 11.8. The van der Waals surface area contributed by atoms with Gasteiger partial charge in [0.15, 0.2) is 0 Å². The molecule has 1 unspecified atom stereocenters. The lowest BCUT2D eigenvalue weighted by atomic mass is 9.95. The van der Waals surface area contributed by atoms with Crippen LogP contribution in [-0.2, 0) is 14.3 Å². The minimum absolute atomic E-state index is 0.118. The van der Waals surface area contributed by atoms with Crippen molar-refractivity contribution in [2.75, 3.05) is 19.8 Å². The minimum Gasteiger partial charge on any atom is -0.381 e. The first-order valence-electron chi connectivity index (χ1n) is 7.47. The van der Waals surface area contributed by atoms with Crippen LogP contribution in [-0.4, -0.2) is 37.6 Å². The molecule has 2 amide bonds. The average Bonchev–Trinajstić information content (AvgIpc) is 3.15. The van der Waals surface area contributed by atoms with Crippen LogP contribution in [0.5, 0.6) is 0 Å². The second kappa shape index (κ2) is 7.62. The lowest BCUT2D eigenvalue weighted by Crippen LogP contribution is -2.48. The van der Waals surface area contributed by atoms with E-state index in [1.54, 1.807) is 6.92 Å². The number of amides is 2. The Balaban J connectivity index is 2.06. The van der Waals surface area contributed by atoms with E-state index in [-0.39, 0.29) is 11.8 Å². The zero-order chi connectivity index (χ0) is 15.2. The summed E-state index contributed by atoms with van der Waals surface area (Å²) in [5.41, 5.74) is -0.481. The molecule has 0 saturated heterocycles. The highest BCUT2D eigenvalue weighted by atomic mass is 16.5. The molecule has 0 aromatic heterocycles. The molecule has 5 nitrogen and oxygen atoms in total. The topological polar surface area (TPSA) is 67.4 Å². The van der Waals surface area contributed by atoms with E-state index in [4.69, 9.17) is 4.74 Å². The van der Waals surface area contributed by atoms with E-state index >= 15 is 0 Å². The zero-order valence-corrected chi connectivity index (χ0v) is 13.1. The Morgan fingerprint density at radius 3 is 2.50 bits per heavy atom. The number of nitrogens with one attached hydrogen (secondary N) is 2. The van der Waals surface area contributed by atoms with Crippen molar-refractivity contribution < 1.29 is 14.3 Å². The fourth-order valence-corrected chi connectivity index (χ4v) is 1.55. The Hall–Kier alpha value is -1.10. The van der Waals surface area contributed by atoms with E-state index in [0.717, 1.165) is 18.9 Å². The molecule has 0 bridgehead atoms. The molecule has 1 atom stereocenters. The van der Waals surface area contributed by atoms with Crippen LogP contribution in [0.3, 0.4) is 0 Å². The molecular formula is C15H28N2O3. The summed E-state index contributed by atoms with van der Waals surface area (Å²) in [5.74, 6) is 0.509. The first-order chi connectivity index (χ1) is 9.30. The van der Waals surface area contributed by atoms with Gasteiger partial charge in [0.1, 0.15) is 6.04 Å². The number of hydrogen-bond donors (Lipinski definition) is 2. The van der Waals surface area contributed by atoms with Gasteiger partial charge in [-0.3, -0.25) is 9.59 Å². The molecule has 0 radical (unpaired) electrons. The Morgan fingerprint density at radius 1 is 1.30 bits per heavy atom. The Kier molecular flexibility index (Phi) is 6.46. The molecule has 1 aliphatic rings. The molecule has 1 aliphatic carbocycles. The minimum atomic E-state index is -0.505. The van der Waals surface area contributed by atoms with Crippen molar-refractivity contribution in [2.45, 2.75) is 53.0 Å². The summed E-state index contributed by atoms with van der Waals surface area (Å²) in [6.07, 6.45) is 3.39. The normalized spacial score (nSPS) is 16.6. The summed E-state index contributed by atoms with van der Waals surface area (Å²) in [6, 6.07) is -0.505. The van der Waals surface area contributed by atoms with E-state index < -0.39 is 11.5 Å². The van der Waals surface area contributed by atoms with Gasteiger partial charge in [-0.05, 0) is 32.1 Å². The van der Waals surface area contributed by atoms with Gasteiger partial charge in [-0.2, -0.15) is 0 Å². The predicted octanol–water partition coefficient (Wildman–Crippen LogP) is 1.47.